The summed E-state index contributed by atoms with van der Waals surface area (Å²) < 4.78 is 22.0. The summed E-state index contributed by atoms with van der Waals surface area (Å²) in [6.07, 6.45) is 12.9. The fourth-order valence-electron chi connectivity index (χ4n) is 6.94. The van der Waals surface area contributed by atoms with Gasteiger partial charge in [0.15, 0.2) is 0 Å². The molecule has 3 aliphatic heterocycles. The normalized spacial score (nSPS) is 26.0. The molecule has 3 atom stereocenters. The molecule has 1 spiro atoms. The topological polar surface area (TPSA) is 45.9 Å². The molecule has 0 amide bonds. The number of ether oxygens (including phenoxy) is 1. The van der Waals surface area contributed by atoms with Crippen LogP contribution in [0, 0.1) is 11.7 Å². The van der Waals surface area contributed by atoms with Gasteiger partial charge in [-0.25, -0.2) is 13.9 Å². The second kappa shape index (κ2) is 11.1. The van der Waals surface area contributed by atoms with E-state index in [0.717, 1.165) is 61.8 Å². The van der Waals surface area contributed by atoms with Gasteiger partial charge in [0.05, 0.1) is 17.3 Å². The van der Waals surface area contributed by atoms with Gasteiger partial charge in [-0.2, -0.15) is 5.10 Å². The second-order valence-electron chi connectivity index (χ2n) is 11.1. The monoisotopic (exact) mass is 535 g/mol. The Labute approximate surface area is 229 Å². The average molecular weight is 536 g/mol. The zero-order valence-electron chi connectivity index (χ0n) is 22.3. The van der Waals surface area contributed by atoms with Crippen molar-refractivity contribution in [3.05, 3.63) is 72.5 Å². The van der Waals surface area contributed by atoms with Gasteiger partial charge in [0.2, 0.25) is 0 Å². The van der Waals surface area contributed by atoms with Crippen molar-refractivity contribution in [2.45, 2.75) is 61.3 Å². The minimum atomic E-state index is -0.160. The van der Waals surface area contributed by atoms with Crippen molar-refractivity contribution in [3.63, 3.8) is 0 Å². The molecule has 3 aromatic rings. The summed E-state index contributed by atoms with van der Waals surface area (Å²) in [7, 11) is 0. The lowest BCUT2D eigenvalue weighted by Crippen LogP contribution is -2.54. The quantitative estimate of drug-likeness (QED) is 0.285. The maximum absolute atomic E-state index is 13.2. The first-order valence-electron chi connectivity index (χ1n) is 13.9. The highest BCUT2D eigenvalue weighted by Crippen LogP contribution is 2.43. The molecule has 6 nitrogen and oxygen atoms in total. The van der Waals surface area contributed by atoms with Crippen LogP contribution in [-0.2, 0) is 11.2 Å². The van der Waals surface area contributed by atoms with Gasteiger partial charge in [0.25, 0.3) is 0 Å². The summed E-state index contributed by atoms with van der Waals surface area (Å²) in [5, 5.41) is 5.54. The Balaban J connectivity index is 1.08. The van der Waals surface area contributed by atoms with Crippen molar-refractivity contribution >= 4 is 17.3 Å². The molecule has 2 aromatic heterocycles. The predicted molar refractivity (Wildman–Crippen MR) is 150 cm³/mol. The molecule has 6 rings (SSSR count). The number of piperidine rings is 1. The standard InChI is InChI=1S/C30H38FN5OS/c1-3-23-19-25(37-28(23)26-9-10-27-29(38-2)32-21-33-36(26)27)20-35-15-4-12-30(35)13-17-34(18-14-30)16-11-22-5-7-24(31)8-6-22/h3,5-10,21,23,25,28H,1,4,11-20H2,2H3/t23-,25+,28-/m1/s1. The lowest BCUT2D eigenvalue weighted by molar-refractivity contribution is -0.0167. The Morgan fingerprint density at radius 1 is 1.13 bits per heavy atom. The third-order valence-corrected chi connectivity index (χ3v) is 9.78. The van der Waals surface area contributed by atoms with Gasteiger partial charge in [-0.3, -0.25) is 4.90 Å². The number of aromatic nitrogens is 3. The van der Waals surface area contributed by atoms with Gasteiger partial charge < -0.3 is 9.64 Å². The molecule has 0 radical (unpaired) electrons. The Morgan fingerprint density at radius 3 is 2.71 bits per heavy atom. The lowest BCUT2D eigenvalue weighted by atomic mass is 9.84. The predicted octanol–water partition coefficient (Wildman–Crippen LogP) is 5.40. The van der Waals surface area contributed by atoms with Crippen LogP contribution in [0.4, 0.5) is 4.39 Å². The highest BCUT2D eigenvalue weighted by atomic mass is 32.2. The summed E-state index contributed by atoms with van der Waals surface area (Å²) in [6.45, 7) is 9.62. The Hall–Kier alpha value is -2.26. The van der Waals surface area contributed by atoms with Crippen LogP contribution in [-0.4, -0.2) is 75.0 Å². The molecule has 0 aliphatic carbocycles. The van der Waals surface area contributed by atoms with E-state index in [1.54, 1.807) is 30.2 Å². The number of hydrogen-bond donors (Lipinski definition) is 0. The van der Waals surface area contributed by atoms with E-state index < -0.39 is 0 Å². The second-order valence-corrected chi connectivity index (χ2v) is 11.9. The van der Waals surface area contributed by atoms with Crippen LogP contribution >= 0.6 is 11.8 Å². The molecule has 202 valence electrons. The van der Waals surface area contributed by atoms with Crippen LogP contribution in [0.25, 0.3) is 5.52 Å². The molecule has 5 heterocycles. The molecular weight excluding hydrogens is 497 g/mol. The number of fused-ring (bicyclic) bond motifs is 1. The van der Waals surface area contributed by atoms with E-state index in [4.69, 9.17) is 4.74 Å². The van der Waals surface area contributed by atoms with E-state index in [1.165, 1.54) is 31.2 Å². The van der Waals surface area contributed by atoms with Crippen LogP contribution in [0.3, 0.4) is 0 Å². The SMILES string of the molecule is C=C[C@@H]1C[C@@H](CN2CCCC23CCN(CCc2ccc(F)cc2)CC3)O[C@H]1c1ccc2c(SC)ncnn12. The molecule has 1 aromatic carbocycles. The number of thioether (sulfide) groups is 1. The van der Waals surface area contributed by atoms with Crippen molar-refractivity contribution in [3.8, 4) is 0 Å². The smallest absolute Gasteiger partial charge is 0.137 e. The highest BCUT2D eigenvalue weighted by Gasteiger charge is 2.45. The molecule has 0 N–H and O–H groups in total. The third-order valence-electron chi connectivity index (χ3n) is 9.08. The van der Waals surface area contributed by atoms with Crippen molar-refractivity contribution in [1.29, 1.82) is 0 Å². The van der Waals surface area contributed by atoms with Crippen molar-refractivity contribution in [2.24, 2.45) is 5.92 Å². The maximum atomic E-state index is 13.2. The summed E-state index contributed by atoms with van der Waals surface area (Å²) in [6, 6.07) is 11.2. The number of nitrogens with zero attached hydrogens (tertiary/aromatic N) is 5. The van der Waals surface area contributed by atoms with Crippen LogP contribution in [0.2, 0.25) is 0 Å². The molecular formula is C30H38FN5OS. The first-order chi connectivity index (χ1) is 18.6. The Morgan fingerprint density at radius 2 is 1.95 bits per heavy atom. The molecule has 0 saturated carbocycles. The Kier molecular flexibility index (Phi) is 7.58. The van der Waals surface area contributed by atoms with Gasteiger partial charge >= 0.3 is 0 Å². The van der Waals surface area contributed by atoms with Crippen molar-refractivity contribution in [1.82, 2.24) is 24.4 Å². The minimum Gasteiger partial charge on any atom is -0.367 e. The Bertz CT molecular complexity index is 1260. The van der Waals surface area contributed by atoms with Gasteiger partial charge in [-0.15, -0.1) is 18.3 Å². The summed E-state index contributed by atoms with van der Waals surface area (Å²) in [5.74, 6) is 0.116. The average Bonchev–Trinajstić information content (AvgIpc) is 3.66. The van der Waals surface area contributed by atoms with E-state index in [2.05, 4.69) is 44.7 Å². The van der Waals surface area contributed by atoms with Crippen LogP contribution in [0.5, 0.6) is 0 Å². The molecule has 3 fully saturated rings. The molecule has 3 saturated heterocycles. The van der Waals surface area contributed by atoms with Crippen LogP contribution in [0.1, 0.15) is 49.5 Å². The zero-order valence-corrected chi connectivity index (χ0v) is 23.1. The first kappa shape index (κ1) is 26.0. The molecule has 38 heavy (non-hydrogen) atoms. The first-order valence-corrected chi connectivity index (χ1v) is 15.2. The van der Waals surface area contributed by atoms with Crippen molar-refractivity contribution in [2.75, 3.05) is 39.0 Å². The van der Waals surface area contributed by atoms with Crippen LogP contribution in [0.15, 0.2) is 60.4 Å². The number of likely N-dealkylation sites (tertiary alicyclic amines) is 2. The fourth-order valence-corrected chi connectivity index (χ4v) is 7.46. The maximum Gasteiger partial charge on any atom is 0.137 e. The largest absolute Gasteiger partial charge is 0.367 e. The van der Waals surface area contributed by atoms with E-state index in [0.29, 0.717) is 5.54 Å². The zero-order chi connectivity index (χ0) is 26.1. The summed E-state index contributed by atoms with van der Waals surface area (Å²) >= 11 is 1.64. The van der Waals surface area contributed by atoms with Gasteiger partial charge in [-0.05, 0) is 94.2 Å². The molecule has 8 heteroatoms. The number of halogens is 1. The molecule has 0 unspecified atom stereocenters. The van der Waals surface area contributed by atoms with Gasteiger partial charge in [-0.1, -0.05) is 18.2 Å². The number of hydrogen-bond acceptors (Lipinski definition) is 6. The molecule has 0 bridgehead atoms. The van der Waals surface area contributed by atoms with E-state index in [1.807, 2.05) is 22.9 Å². The summed E-state index contributed by atoms with van der Waals surface area (Å²) in [5.41, 5.74) is 3.65. The highest BCUT2D eigenvalue weighted by molar-refractivity contribution is 7.98. The number of benzene rings is 1. The van der Waals surface area contributed by atoms with E-state index in [9.17, 15) is 4.39 Å². The van der Waals surface area contributed by atoms with E-state index >= 15 is 0 Å². The number of rotatable bonds is 8. The van der Waals surface area contributed by atoms with Gasteiger partial charge in [0, 0.05) is 24.5 Å². The lowest BCUT2D eigenvalue weighted by Gasteiger charge is -2.46. The van der Waals surface area contributed by atoms with Crippen LogP contribution < -0.4 is 0 Å². The van der Waals surface area contributed by atoms with Crippen molar-refractivity contribution < 1.29 is 9.13 Å². The fraction of sp³-hybridized carbons (Fsp3) is 0.533. The third kappa shape index (κ3) is 5.04. The minimum absolute atomic E-state index is 0.0310. The molecule has 3 aliphatic rings. The van der Waals surface area contributed by atoms with E-state index in [-0.39, 0.29) is 23.9 Å². The summed E-state index contributed by atoms with van der Waals surface area (Å²) in [4.78, 5) is 9.76. The van der Waals surface area contributed by atoms with Gasteiger partial charge in [0.1, 0.15) is 23.3 Å².